The van der Waals surface area contributed by atoms with Gasteiger partial charge < -0.3 is 28.2 Å². The van der Waals surface area contributed by atoms with Gasteiger partial charge in [0.15, 0.2) is 11.5 Å². The maximum atomic E-state index is 13.4. The second-order valence-corrected chi connectivity index (χ2v) is 8.14. The molecule has 34 heavy (non-hydrogen) atoms. The van der Waals surface area contributed by atoms with Crippen LogP contribution in [0.4, 0.5) is 0 Å². The molecule has 1 saturated heterocycles. The van der Waals surface area contributed by atoms with E-state index in [0.717, 1.165) is 32.4 Å². The number of piperidine rings is 1. The first kappa shape index (κ1) is 23.4. The Kier molecular flexibility index (Phi) is 7.51. The Morgan fingerprint density at radius 3 is 2.62 bits per heavy atom. The van der Waals surface area contributed by atoms with Crippen LogP contribution in [0.15, 0.2) is 51.6 Å². The summed E-state index contributed by atoms with van der Waals surface area (Å²) in [6, 6.07) is 10.4. The topological polar surface area (TPSA) is 98.2 Å². The zero-order valence-corrected chi connectivity index (χ0v) is 19.5. The Morgan fingerprint density at radius 1 is 1.09 bits per heavy atom. The molecule has 9 heteroatoms. The van der Waals surface area contributed by atoms with Crippen LogP contribution < -0.4 is 9.47 Å². The number of carbonyl (C=O) groups is 2. The Balaban J connectivity index is 1.52. The van der Waals surface area contributed by atoms with E-state index in [0.29, 0.717) is 28.6 Å². The van der Waals surface area contributed by atoms with Crippen LogP contribution >= 0.6 is 0 Å². The molecule has 180 valence electrons. The lowest BCUT2D eigenvalue weighted by atomic mass is 10.1. The van der Waals surface area contributed by atoms with E-state index in [9.17, 15) is 9.59 Å². The fraction of sp³-hybridized carbons (Fsp3) is 0.400. The van der Waals surface area contributed by atoms with Gasteiger partial charge in [0, 0.05) is 32.1 Å². The summed E-state index contributed by atoms with van der Waals surface area (Å²) in [4.78, 5) is 29.5. The molecular weight excluding hydrogens is 438 g/mol. The molecule has 0 N–H and O–H groups in total. The number of rotatable bonds is 9. The van der Waals surface area contributed by atoms with Gasteiger partial charge in [-0.15, -0.1) is 0 Å². The molecule has 1 fully saturated rings. The maximum absolute atomic E-state index is 13.4. The number of carbonyl (C=O) groups excluding carboxylic acids is 2. The van der Waals surface area contributed by atoms with Crippen molar-refractivity contribution in [1.82, 2.24) is 15.0 Å². The zero-order valence-electron chi connectivity index (χ0n) is 19.5. The molecule has 3 aromatic rings. The Morgan fingerprint density at radius 2 is 1.91 bits per heavy atom. The summed E-state index contributed by atoms with van der Waals surface area (Å²) in [7, 11) is 3.12. The van der Waals surface area contributed by atoms with Gasteiger partial charge in [-0.3, -0.25) is 9.59 Å². The fourth-order valence-electron chi connectivity index (χ4n) is 4.05. The van der Waals surface area contributed by atoms with Crippen molar-refractivity contribution in [1.29, 1.82) is 0 Å². The average Bonchev–Trinajstić information content (AvgIpc) is 3.58. The molecule has 4 rings (SSSR count). The lowest BCUT2D eigenvalue weighted by molar-refractivity contribution is -0.132. The summed E-state index contributed by atoms with van der Waals surface area (Å²) in [5.74, 6) is 1.89. The molecule has 9 nitrogen and oxygen atoms in total. The summed E-state index contributed by atoms with van der Waals surface area (Å²) in [5, 5.41) is 4.00. The van der Waals surface area contributed by atoms with Crippen molar-refractivity contribution in [3.05, 3.63) is 54.1 Å². The first-order valence-corrected chi connectivity index (χ1v) is 11.4. The monoisotopic (exact) mass is 467 g/mol. The smallest absolute Gasteiger partial charge is 0.276 e. The summed E-state index contributed by atoms with van der Waals surface area (Å²) in [5.41, 5.74) is 0.753. The van der Waals surface area contributed by atoms with E-state index in [4.69, 9.17) is 18.4 Å². The minimum absolute atomic E-state index is 0.0545. The first-order valence-electron chi connectivity index (χ1n) is 11.4. The Labute approximate surface area is 198 Å². The van der Waals surface area contributed by atoms with Crippen LogP contribution in [0.1, 0.15) is 41.9 Å². The van der Waals surface area contributed by atoms with Crippen molar-refractivity contribution in [2.45, 2.75) is 32.2 Å². The van der Waals surface area contributed by atoms with Crippen LogP contribution in [0.3, 0.4) is 0 Å². The molecule has 0 saturated carbocycles. The number of benzene rings is 1. The first-order chi connectivity index (χ1) is 16.6. The van der Waals surface area contributed by atoms with Gasteiger partial charge in [0.25, 0.3) is 5.91 Å². The molecule has 1 aliphatic heterocycles. The van der Waals surface area contributed by atoms with E-state index in [-0.39, 0.29) is 37.0 Å². The second-order valence-electron chi connectivity index (χ2n) is 8.14. The lowest BCUT2D eigenvalue weighted by Gasteiger charge is -2.28. The van der Waals surface area contributed by atoms with Gasteiger partial charge in [0.05, 0.1) is 32.6 Å². The summed E-state index contributed by atoms with van der Waals surface area (Å²) in [6.07, 6.45) is 4.99. The summed E-state index contributed by atoms with van der Waals surface area (Å²) >= 11 is 0. The third kappa shape index (κ3) is 5.41. The molecule has 0 unspecified atom stereocenters. The van der Waals surface area contributed by atoms with E-state index in [2.05, 4.69) is 5.16 Å². The molecule has 0 spiro atoms. The SMILES string of the molecule is COc1ccc(OC)c(-c2cc(C(=O)N(CCC(=O)N3CCCCC3)Cc3ccco3)no2)c1. The average molecular weight is 468 g/mol. The van der Waals surface area contributed by atoms with Gasteiger partial charge >= 0.3 is 0 Å². The van der Waals surface area contributed by atoms with Crippen molar-refractivity contribution in [3.8, 4) is 22.8 Å². The largest absolute Gasteiger partial charge is 0.497 e. The third-order valence-electron chi connectivity index (χ3n) is 5.92. The van der Waals surface area contributed by atoms with Crippen LogP contribution in [-0.4, -0.2) is 60.6 Å². The van der Waals surface area contributed by atoms with Crippen molar-refractivity contribution < 1.29 is 28.0 Å². The molecule has 0 bridgehead atoms. The minimum Gasteiger partial charge on any atom is -0.497 e. The fourth-order valence-corrected chi connectivity index (χ4v) is 4.05. The van der Waals surface area contributed by atoms with Gasteiger partial charge in [-0.1, -0.05) is 5.16 Å². The third-order valence-corrected chi connectivity index (χ3v) is 5.92. The Bertz CT molecular complexity index is 1100. The van der Waals surface area contributed by atoms with Crippen LogP contribution in [0.5, 0.6) is 11.5 Å². The number of nitrogens with zero attached hydrogens (tertiary/aromatic N) is 3. The van der Waals surface area contributed by atoms with Crippen molar-refractivity contribution in [3.63, 3.8) is 0 Å². The van der Waals surface area contributed by atoms with Crippen LogP contribution in [0, 0.1) is 0 Å². The number of ether oxygens (including phenoxy) is 2. The van der Waals surface area contributed by atoms with Gasteiger partial charge in [0.2, 0.25) is 5.91 Å². The molecule has 1 aliphatic rings. The van der Waals surface area contributed by atoms with E-state index in [1.165, 1.54) is 0 Å². The number of likely N-dealkylation sites (tertiary alicyclic amines) is 1. The molecule has 0 radical (unpaired) electrons. The highest BCUT2D eigenvalue weighted by Crippen LogP contribution is 2.34. The van der Waals surface area contributed by atoms with E-state index in [1.807, 2.05) is 4.90 Å². The van der Waals surface area contributed by atoms with Gasteiger partial charge in [0.1, 0.15) is 17.3 Å². The molecule has 2 amide bonds. The summed E-state index contributed by atoms with van der Waals surface area (Å²) < 4.78 is 21.6. The van der Waals surface area contributed by atoms with E-state index >= 15 is 0 Å². The number of hydrogen-bond donors (Lipinski definition) is 0. The minimum atomic E-state index is -0.347. The van der Waals surface area contributed by atoms with Crippen LogP contribution in [-0.2, 0) is 11.3 Å². The van der Waals surface area contributed by atoms with Gasteiger partial charge in [-0.25, -0.2) is 0 Å². The Hall–Kier alpha value is -3.75. The molecule has 0 aliphatic carbocycles. The van der Waals surface area contributed by atoms with Crippen LogP contribution in [0.25, 0.3) is 11.3 Å². The predicted octanol–water partition coefficient (Wildman–Crippen LogP) is 4.00. The van der Waals surface area contributed by atoms with Crippen molar-refractivity contribution in [2.24, 2.45) is 0 Å². The molecule has 1 aromatic carbocycles. The lowest BCUT2D eigenvalue weighted by Crippen LogP contribution is -2.39. The van der Waals surface area contributed by atoms with Crippen molar-refractivity contribution >= 4 is 11.8 Å². The van der Waals surface area contributed by atoms with Crippen LogP contribution in [0.2, 0.25) is 0 Å². The number of aromatic nitrogens is 1. The second kappa shape index (κ2) is 10.9. The number of amides is 2. The highest BCUT2D eigenvalue weighted by Gasteiger charge is 2.25. The standard InChI is InChI=1S/C25H29N3O6/c1-31-18-8-9-22(32-2)20(15-18)23-16-21(26-34-23)25(30)28(17-19-7-6-14-33-19)13-10-24(29)27-11-4-3-5-12-27/h6-9,14-16H,3-5,10-13,17H2,1-2H3. The summed E-state index contributed by atoms with van der Waals surface area (Å²) in [6.45, 7) is 2.03. The van der Waals surface area contributed by atoms with Gasteiger partial charge in [-0.05, 0) is 49.6 Å². The molecule has 2 aromatic heterocycles. The number of furan rings is 1. The molecule has 3 heterocycles. The molecule has 0 atom stereocenters. The highest BCUT2D eigenvalue weighted by molar-refractivity contribution is 5.93. The zero-order chi connectivity index (χ0) is 23.9. The maximum Gasteiger partial charge on any atom is 0.276 e. The highest BCUT2D eigenvalue weighted by atomic mass is 16.5. The number of hydrogen-bond acceptors (Lipinski definition) is 7. The predicted molar refractivity (Wildman–Crippen MR) is 124 cm³/mol. The van der Waals surface area contributed by atoms with E-state index < -0.39 is 0 Å². The normalized spacial score (nSPS) is 13.5. The quantitative estimate of drug-likeness (QED) is 0.469. The van der Waals surface area contributed by atoms with E-state index in [1.54, 1.807) is 61.8 Å². The van der Waals surface area contributed by atoms with Crippen molar-refractivity contribution in [2.75, 3.05) is 33.9 Å². The molecular formula is C25H29N3O6. The van der Waals surface area contributed by atoms with Gasteiger partial charge in [-0.2, -0.15) is 0 Å². The number of methoxy groups -OCH3 is 2.